The first-order valence-corrected chi connectivity index (χ1v) is 4.92. The lowest BCUT2D eigenvalue weighted by molar-refractivity contribution is 0.402. The zero-order valence-electron chi connectivity index (χ0n) is 9.32. The van der Waals surface area contributed by atoms with Crippen LogP contribution in [-0.4, -0.2) is 22.9 Å². The van der Waals surface area contributed by atoms with Crippen molar-refractivity contribution in [3.8, 4) is 5.75 Å². The van der Waals surface area contributed by atoms with Crippen LogP contribution in [0, 0.1) is 0 Å². The van der Waals surface area contributed by atoms with Crippen LogP contribution in [0.2, 0.25) is 0 Å². The van der Waals surface area contributed by atoms with Crippen LogP contribution in [-0.2, 0) is 6.42 Å². The minimum absolute atomic E-state index is 0.123. The molecule has 4 nitrogen and oxygen atoms in total. The Labute approximate surface area is 85.0 Å². The maximum absolute atomic E-state index is 5.78. The second-order valence-electron chi connectivity index (χ2n) is 3.88. The Morgan fingerprint density at radius 3 is 2.57 bits per heavy atom. The highest BCUT2D eigenvalue weighted by molar-refractivity contribution is 5.26. The Bertz CT molecular complexity index is 292. The molecule has 0 radical (unpaired) electrons. The summed E-state index contributed by atoms with van der Waals surface area (Å²) in [5.74, 6) is 0.830. The highest BCUT2D eigenvalue weighted by Gasteiger charge is 2.14. The third-order valence-corrected chi connectivity index (χ3v) is 2.08. The molecule has 14 heavy (non-hydrogen) atoms. The molecule has 0 aliphatic rings. The molecule has 0 saturated carbocycles. The molecule has 80 valence electrons. The predicted octanol–water partition coefficient (Wildman–Crippen LogP) is 1.36. The first-order valence-electron chi connectivity index (χ1n) is 4.92. The highest BCUT2D eigenvalue weighted by atomic mass is 16.5. The first kappa shape index (κ1) is 11.0. The van der Waals surface area contributed by atoms with Crippen molar-refractivity contribution < 1.29 is 4.74 Å². The van der Waals surface area contributed by atoms with Gasteiger partial charge in [0.05, 0.1) is 19.0 Å². The van der Waals surface area contributed by atoms with E-state index in [2.05, 4.69) is 18.9 Å². The Hall–Kier alpha value is -1.03. The maximum Gasteiger partial charge on any atom is 0.160 e. The van der Waals surface area contributed by atoms with E-state index in [0.717, 1.165) is 17.9 Å². The molecule has 1 atom stereocenters. The fourth-order valence-corrected chi connectivity index (χ4v) is 1.49. The van der Waals surface area contributed by atoms with Gasteiger partial charge in [0.25, 0.3) is 0 Å². The van der Waals surface area contributed by atoms with E-state index in [1.54, 1.807) is 13.3 Å². The van der Waals surface area contributed by atoms with Crippen molar-refractivity contribution >= 4 is 0 Å². The minimum Gasteiger partial charge on any atom is -0.493 e. The molecule has 1 rings (SSSR count). The maximum atomic E-state index is 5.78. The quantitative estimate of drug-likeness (QED) is 0.793. The summed E-state index contributed by atoms with van der Waals surface area (Å²) in [7, 11) is 1.66. The van der Waals surface area contributed by atoms with E-state index in [-0.39, 0.29) is 6.04 Å². The lowest BCUT2D eigenvalue weighted by Gasteiger charge is -2.13. The molecule has 0 spiro atoms. The number of nitrogens with zero attached hydrogens (tertiary/aromatic N) is 2. The summed E-state index contributed by atoms with van der Waals surface area (Å²) < 4.78 is 7.20. The van der Waals surface area contributed by atoms with Gasteiger partial charge in [-0.1, -0.05) is 0 Å². The number of rotatable bonds is 4. The summed E-state index contributed by atoms with van der Waals surface area (Å²) in [4.78, 5) is 0. The van der Waals surface area contributed by atoms with Gasteiger partial charge in [0.1, 0.15) is 0 Å². The molecule has 0 aliphatic carbocycles. The zero-order chi connectivity index (χ0) is 10.7. The Balaban J connectivity index is 3.00. The van der Waals surface area contributed by atoms with Gasteiger partial charge < -0.3 is 10.5 Å². The van der Waals surface area contributed by atoms with Crippen molar-refractivity contribution in [2.24, 2.45) is 5.73 Å². The van der Waals surface area contributed by atoms with Gasteiger partial charge in [0, 0.05) is 18.5 Å². The van der Waals surface area contributed by atoms with Gasteiger partial charge >= 0.3 is 0 Å². The third kappa shape index (κ3) is 2.26. The second kappa shape index (κ2) is 4.46. The van der Waals surface area contributed by atoms with E-state index in [9.17, 15) is 0 Å². The van der Waals surface area contributed by atoms with E-state index in [1.807, 2.05) is 11.6 Å². The number of hydrogen-bond acceptors (Lipinski definition) is 3. The van der Waals surface area contributed by atoms with Crippen molar-refractivity contribution in [1.82, 2.24) is 9.78 Å². The molecule has 0 aromatic carbocycles. The SMILES string of the molecule is COc1cnn(C(C)C)c1CC(C)N. The Kier molecular flexibility index (Phi) is 3.52. The molecule has 4 heteroatoms. The van der Waals surface area contributed by atoms with Crippen molar-refractivity contribution in [3.05, 3.63) is 11.9 Å². The van der Waals surface area contributed by atoms with Gasteiger partial charge in [-0.15, -0.1) is 0 Å². The average molecular weight is 197 g/mol. The van der Waals surface area contributed by atoms with Crippen LogP contribution in [0.15, 0.2) is 6.20 Å². The van der Waals surface area contributed by atoms with Gasteiger partial charge in [-0.2, -0.15) is 5.10 Å². The number of nitrogens with two attached hydrogens (primary N) is 1. The van der Waals surface area contributed by atoms with Crippen molar-refractivity contribution in [2.75, 3.05) is 7.11 Å². The summed E-state index contributed by atoms with van der Waals surface area (Å²) in [5, 5.41) is 4.28. The molecular formula is C10H19N3O. The molecule has 1 unspecified atom stereocenters. The highest BCUT2D eigenvalue weighted by Crippen LogP contribution is 2.21. The van der Waals surface area contributed by atoms with Gasteiger partial charge in [-0.25, -0.2) is 0 Å². The van der Waals surface area contributed by atoms with Crippen molar-refractivity contribution in [2.45, 2.75) is 39.3 Å². The van der Waals surface area contributed by atoms with Crippen LogP contribution in [0.5, 0.6) is 5.75 Å². The van der Waals surface area contributed by atoms with Crippen LogP contribution in [0.3, 0.4) is 0 Å². The number of aromatic nitrogens is 2. The van der Waals surface area contributed by atoms with Crippen molar-refractivity contribution in [3.63, 3.8) is 0 Å². The van der Waals surface area contributed by atoms with Crippen LogP contribution in [0.25, 0.3) is 0 Å². The van der Waals surface area contributed by atoms with Crippen LogP contribution in [0.1, 0.15) is 32.5 Å². The number of hydrogen-bond donors (Lipinski definition) is 1. The standard InChI is InChI=1S/C10H19N3O/c1-7(2)13-9(5-8(3)11)10(14-4)6-12-13/h6-8H,5,11H2,1-4H3. The summed E-state index contributed by atoms with van der Waals surface area (Å²) in [6.07, 6.45) is 2.54. The van der Waals surface area contributed by atoms with Crippen LogP contribution >= 0.6 is 0 Å². The molecule has 0 amide bonds. The molecule has 0 saturated heterocycles. The average Bonchev–Trinajstić information content (AvgIpc) is 2.46. The number of ether oxygens (including phenoxy) is 1. The second-order valence-corrected chi connectivity index (χ2v) is 3.88. The summed E-state index contributed by atoms with van der Waals surface area (Å²) in [6.45, 7) is 6.17. The smallest absolute Gasteiger partial charge is 0.160 e. The Morgan fingerprint density at radius 2 is 2.14 bits per heavy atom. The molecule has 2 N–H and O–H groups in total. The monoisotopic (exact) mass is 197 g/mol. The van der Waals surface area contributed by atoms with E-state index in [0.29, 0.717) is 6.04 Å². The van der Waals surface area contributed by atoms with E-state index >= 15 is 0 Å². The fourth-order valence-electron chi connectivity index (χ4n) is 1.49. The first-order chi connectivity index (χ1) is 6.56. The summed E-state index contributed by atoms with van der Waals surface area (Å²) in [5.41, 5.74) is 6.86. The summed E-state index contributed by atoms with van der Waals surface area (Å²) >= 11 is 0. The van der Waals surface area contributed by atoms with Gasteiger partial charge in [0.2, 0.25) is 0 Å². The van der Waals surface area contributed by atoms with Crippen molar-refractivity contribution in [1.29, 1.82) is 0 Å². The molecule has 0 aliphatic heterocycles. The molecule has 1 heterocycles. The zero-order valence-corrected chi connectivity index (χ0v) is 9.32. The van der Waals surface area contributed by atoms with Gasteiger partial charge in [0.15, 0.2) is 5.75 Å². The topological polar surface area (TPSA) is 53.1 Å². The van der Waals surface area contributed by atoms with E-state index in [4.69, 9.17) is 10.5 Å². The predicted molar refractivity (Wildman–Crippen MR) is 56.5 cm³/mol. The summed E-state index contributed by atoms with van der Waals surface area (Å²) in [6, 6.07) is 0.464. The molecule has 1 aromatic heterocycles. The molecule has 0 bridgehead atoms. The molecule has 1 aromatic rings. The fraction of sp³-hybridized carbons (Fsp3) is 0.700. The van der Waals surface area contributed by atoms with E-state index in [1.165, 1.54) is 0 Å². The third-order valence-electron chi connectivity index (χ3n) is 2.08. The van der Waals surface area contributed by atoms with E-state index < -0.39 is 0 Å². The lowest BCUT2D eigenvalue weighted by Crippen LogP contribution is -2.21. The van der Waals surface area contributed by atoms with Gasteiger partial charge in [-0.05, 0) is 20.8 Å². The lowest BCUT2D eigenvalue weighted by atomic mass is 10.2. The molecule has 0 fully saturated rings. The largest absolute Gasteiger partial charge is 0.493 e. The van der Waals surface area contributed by atoms with Crippen LogP contribution in [0.4, 0.5) is 0 Å². The van der Waals surface area contributed by atoms with Gasteiger partial charge in [-0.3, -0.25) is 4.68 Å². The Morgan fingerprint density at radius 1 is 1.50 bits per heavy atom. The molecular weight excluding hydrogens is 178 g/mol. The number of methoxy groups -OCH3 is 1. The minimum atomic E-state index is 0.123. The van der Waals surface area contributed by atoms with Crippen LogP contribution < -0.4 is 10.5 Å². The normalized spacial score (nSPS) is 13.3.